The smallest absolute Gasteiger partial charge is 0.168 e. The summed E-state index contributed by atoms with van der Waals surface area (Å²) in [5, 5.41) is 8.45. The summed E-state index contributed by atoms with van der Waals surface area (Å²) >= 11 is 3.47. The Labute approximate surface area is 114 Å². The fourth-order valence-electron chi connectivity index (χ4n) is 1.94. The Balaban J connectivity index is 2.24. The number of aromatic nitrogens is 3. The Morgan fingerprint density at radius 1 is 1.00 bits per heavy atom. The van der Waals surface area contributed by atoms with Crippen LogP contribution < -0.4 is 0 Å². The predicted octanol–water partition coefficient (Wildman–Crippen LogP) is 3.78. The maximum atomic E-state index is 4.27. The molecule has 0 aliphatic rings. The van der Waals surface area contributed by atoms with Crippen LogP contribution in [-0.2, 0) is 0 Å². The summed E-state index contributed by atoms with van der Waals surface area (Å²) in [5.41, 5.74) is 4.49. The molecule has 0 bridgehead atoms. The molecule has 0 spiro atoms. The van der Waals surface area contributed by atoms with E-state index in [0.717, 1.165) is 21.5 Å². The molecule has 0 N–H and O–H groups in total. The topological polar surface area (TPSA) is 30.2 Å². The standard InChI is InChI=1S/C14H12BrN3/c1-9-3-4-11(7-10(9)2)14-17-16-13-6-5-12(15)8-18(13)14/h3-8H,1-2H3. The third-order valence-corrected chi connectivity index (χ3v) is 3.60. The van der Waals surface area contributed by atoms with Crippen molar-refractivity contribution >= 4 is 21.6 Å². The van der Waals surface area contributed by atoms with E-state index >= 15 is 0 Å². The monoisotopic (exact) mass is 301 g/mol. The first kappa shape index (κ1) is 11.4. The van der Waals surface area contributed by atoms with Crippen molar-refractivity contribution in [2.75, 3.05) is 0 Å². The van der Waals surface area contributed by atoms with Gasteiger partial charge in [-0.25, -0.2) is 0 Å². The summed E-state index contributed by atoms with van der Waals surface area (Å²) < 4.78 is 3.01. The highest BCUT2D eigenvalue weighted by molar-refractivity contribution is 9.10. The lowest BCUT2D eigenvalue weighted by Crippen LogP contribution is -1.90. The van der Waals surface area contributed by atoms with E-state index in [-0.39, 0.29) is 0 Å². The van der Waals surface area contributed by atoms with Crippen LogP contribution in [0.15, 0.2) is 41.0 Å². The molecule has 2 heterocycles. The van der Waals surface area contributed by atoms with Gasteiger partial charge in [-0.2, -0.15) is 0 Å². The molecular weight excluding hydrogens is 290 g/mol. The van der Waals surface area contributed by atoms with Crippen LogP contribution in [0.2, 0.25) is 0 Å². The summed E-state index contributed by atoms with van der Waals surface area (Å²) in [7, 11) is 0. The molecule has 0 aliphatic carbocycles. The zero-order valence-corrected chi connectivity index (χ0v) is 11.8. The van der Waals surface area contributed by atoms with Gasteiger partial charge in [0.2, 0.25) is 0 Å². The fourth-order valence-corrected chi connectivity index (χ4v) is 2.28. The van der Waals surface area contributed by atoms with Crippen molar-refractivity contribution in [3.8, 4) is 11.4 Å². The van der Waals surface area contributed by atoms with E-state index in [0.29, 0.717) is 0 Å². The predicted molar refractivity (Wildman–Crippen MR) is 75.6 cm³/mol. The van der Waals surface area contributed by atoms with Crippen LogP contribution in [-0.4, -0.2) is 14.6 Å². The number of halogens is 1. The SMILES string of the molecule is Cc1ccc(-c2nnc3ccc(Br)cn23)cc1C. The van der Waals surface area contributed by atoms with E-state index in [9.17, 15) is 0 Å². The number of benzene rings is 1. The maximum absolute atomic E-state index is 4.27. The number of aryl methyl sites for hydroxylation is 2. The lowest BCUT2D eigenvalue weighted by atomic mass is 10.1. The molecule has 18 heavy (non-hydrogen) atoms. The van der Waals surface area contributed by atoms with Crippen LogP contribution in [0.4, 0.5) is 0 Å². The third-order valence-electron chi connectivity index (χ3n) is 3.13. The highest BCUT2D eigenvalue weighted by Gasteiger charge is 2.08. The Kier molecular flexibility index (Phi) is 2.67. The number of fused-ring (bicyclic) bond motifs is 1. The number of hydrogen-bond donors (Lipinski definition) is 0. The van der Waals surface area contributed by atoms with Gasteiger partial charge < -0.3 is 0 Å². The summed E-state index contributed by atoms with van der Waals surface area (Å²) in [6.45, 7) is 4.22. The van der Waals surface area contributed by atoms with Crippen LogP contribution in [0.3, 0.4) is 0 Å². The van der Waals surface area contributed by atoms with E-state index in [2.05, 4.69) is 58.2 Å². The van der Waals surface area contributed by atoms with Gasteiger partial charge in [0, 0.05) is 16.2 Å². The number of pyridine rings is 1. The van der Waals surface area contributed by atoms with E-state index in [1.165, 1.54) is 11.1 Å². The second kappa shape index (κ2) is 4.21. The summed E-state index contributed by atoms with van der Waals surface area (Å²) in [6, 6.07) is 10.3. The van der Waals surface area contributed by atoms with Crippen LogP contribution in [0.25, 0.3) is 17.0 Å². The molecule has 0 amide bonds. The molecule has 0 fully saturated rings. The molecule has 0 unspecified atom stereocenters. The van der Waals surface area contributed by atoms with Crippen molar-refractivity contribution in [1.29, 1.82) is 0 Å². The first-order valence-electron chi connectivity index (χ1n) is 5.73. The van der Waals surface area contributed by atoms with Gasteiger partial charge in [0.05, 0.1) is 0 Å². The molecule has 0 saturated heterocycles. The van der Waals surface area contributed by atoms with Crippen molar-refractivity contribution < 1.29 is 0 Å². The van der Waals surface area contributed by atoms with Gasteiger partial charge in [-0.15, -0.1) is 10.2 Å². The van der Waals surface area contributed by atoms with Crippen LogP contribution in [0.1, 0.15) is 11.1 Å². The summed E-state index contributed by atoms with van der Waals surface area (Å²) in [5.74, 6) is 0.870. The molecule has 4 heteroatoms. The first-order chi connectivity index (χ1) is 8.65. The Morgan fingerprint density at radius 3 is 2.61 bits per heavy atom. The second-order valence-electron chi connectivity index (χ2n) is 4.40. The van der Waals surface area contributed by atoms with Gasteiger partial charge in [0.1, 0.15) is 0 Å². The molecule has 1 aromatic carbocycles. The van der Waals surface area contributed by atoms with E-state index in [1.807, 2.05) is 22.7 Å². The van der Waals surface area contributed by atoms with E-state index in [1.54, 1.807) is 0 Å². The Bertz CT molecular complexity index is 731. The van der Waals surface area contributed by atoms with Gasteiger partial charge >= 0.3 is 0 Å². The Hall–Kier alpha value is -1.68. The highest BCUT2D eigenvalue weighted by atomic mass is 79.9. The average Bonchev–Trinajstić information content (AvgIpc) is 2.75. The molecule has 3 nitrogen and oxygen atoms in total. The van der Waals surface area contributed by atoms with E-state index in [4.69, 9.17) is 0 Å². The Morgan fingerprint density at radius 2 is 1.83 bits per heavy atom. The molecule has 2 aromatic heterocycles. The van der Waals surface area contributed by atoms with Crippen molar-refractivity contribution in [2.24, 2.45) is 0 Å². The van der Waals surface area contributed by atoms with Gasteiger partial charge in [0.25, 0.3) is 0 Å². The molecule has 0 aliphatic heterocycles. The zero-order valence-electron chi connectivity index (χ0n) is 10.2. The zero-order chi connectivity index (χ0) is 12.7. The van der Waals surface area contributed by atoms with Crippen LogP contribution >= 0.6 is 15.9 Å². The van der Waals surface area contributed by atoms with Crippen molar-refractivity contribution in [3.05, 3.63) is 52.1 Å². The van der Waals surface area contributed by atoms with Gasteiger partial charge in [-0.3, -0.25) is 4.40 Å². The van der Waals surface area contributed by atoms with Crippen molar-refractivity contribution in [1.82, 2.24) is 14.6 Å². The largest absolute Gasteiger partial charge is 0.281 e. The minimum absolute atomic E-state index is 0.853. The quantitative estimate of drug-likeness (QED) is 0.685. The molecule has 3 rings (SSSR count). The fraction of sp³-hybridized carbons (Fsp3) is 0.143. The number of hydrogen-bond acceptors (Lipinski definition) is 2. The second-order valence-corrected chi connectivity index (χ2v) is 5.31. The maximum Gasteiger partial charge on any atom is 0.168 e. The molecule has 0 saturated carbocycles. The van der Waals surface area contributed by atoms with Crippen LogP contribution in [0.5, 0.6) is 0 Å². The summed E-state index contributed by atoms with van der Waals surface area (Å²) in [6.07, 6.45) is 1.99. The first-order valence-corrected chi connectivity index (χ1v) is 6.52. The lowest BCUT2D eigenvalue weighted by molar-refractivity contribution is 1.11. The molecule has 3 aromatic rings. The van der Waals surface area contributed by atoms with Crippen molar-refractivity contribution in [2.45, 2.75) is 13.8 Å². The lowest BCUT2D eigenvalue weighted by Gasteiger charge is -2.04. The van der Waals surface area contributed by atoms with Crippen molar-refractivity contribution in [3.63, 3.8) is 0 Å². The van der Waals surface area contributed by atoms with Crippen LogP contribution in [0, 0.1) is 13.8 Å². The van der Waals surface area contributed by atoms with Gasteiger partial charge in [-0.1, -0.05) is 12.1 Å². The molecule has 90 valence electrons. The third kappa shape index (κ3) is 1.82. The molecule has 0 atom stereocenters. The minimum atomic E-state index is 0.853. The number of rotatable bonds is 1. The highest BCUT2D eigenvalue weighted by Crippen LogP contribution is 2.22. The molecular formula is C14H12BrN3. The van der Waals surface area contributed by atoms with E-state index < -0.39 is 0 Å². The van der Waals surface area contributed by atoms with Gasteiger partial charge in [0.15, 0.2) is 11.5 Å². The molecule has 0 radical (unpaired) electrons. The average molecular weight is 302 g/mol. The minimum Gasteiger partial charge on any atom is -0.281 e. The summed E-state index contributed by atoms with van der Waals surface area (Å²) in [4.78, 5) is 0. The number of nitrogens with zero attached hydrogens (tertiary/aromatic N) is 3. The normalized spacial score (nSPS) is 11.1. The van der Waals surface area contributed by atoms with Gasteiger partial charge in [-0.05, 0) is 59.1 Å².